The molecule has 0 spiro atoms. The average molecular weight is 278 g/mol. The van der Waals surface area contributed by atoms with Gasteiger partial charge in [-0.25, -0.2) is 4.98 Å². The van der Waals surface area contributed by atoms with Crippen molar-refractivity contribution in [2.75, 3.05) is 24.2 Å². The fourth-order valence-corrected chi connectivity index (χ4v) is 1.57. The highest BCUT2D eigenvalue weighted by atomic mass is 16.3. The topological polar surface area (TPSA) is 114 Å². The van der Waals surface area contributed by atoms with E-state index in [-0.39, 0.29) is 6.10 Å². The van der Waals surface area contributed by atoms with Crippen molar-refractivity contribution in [1.82, 2.24) is 29.7 Å². The highest BCUT2D eigenvalue weighted by Crippen LogP contribution is 2.08. The summed E-state index contributed by atoms with van der Waals surface area (Å²) in [7, 11) is 1.73. The first-order valence-electron chi connectivity index (χ1n) is 6.40. The molecule has 9 nitrogen and oxygen atoms in total. The van der Waals surface area contributed by atoms with E-state index in [0.29, 0.717) is 24.4 Å². The first-order chi connectivity index (χ1) is 9.69. The predicted molar refractivity (Wildman–Crippen MR) is 73.7 cm³/mol. The molecule has 3 N–H and O–H groups in total. The Hall–Kier alpha value is -2.29. The van der Waals surface area contributed by atoms with E-state index in [1.54, 1.807) is 14.0 Å². The molecule has 108 valence electrons. The third kappa shape index (κ3) is 3.85. The minimum absolute atomic E-state index is 0.297. The number of aliphatic hydroxyl groups excluding tert-OH is 1. The molecule has 0 aliphatic heterocycles. The highest BCUT2D eigenvalue weighted by molar-refractivity contribution is 5.37. The summed E-state index contributed by atoms with van der Waals surface area (Å²) in [6.45, 7) is 2.44. The second kappa shape index (κ2) is 6.75. The van der Waals surface area contributed by atoms with Crippen molar-refractivity contribution in [3.8, 4) is 5.95 Å². The maximum atomic E-state index is 9.20. The Bertz CT molecular complexity index is 527. The number of hydrogen-bond donors (Lipinski definition) is 3. The zero-order chi connectivity index (χ0) is 14.4. The first kappa shape index (κ1) is 14.1. The average Bonchev–Trinajstić information content (AvgIpc) is 2.97. The second-order valence-electron chi connectivity index (χ2n) is 4.29. The van der Waals surface area contributed by atoms with E-state index < -0.39 is 0 Å². The van der Waals surface area contributed by atoms with Crippen LogP contribution in [0.2, 0.25) is 0 Å². The van der Waals surface area contributed by atoms with E-state index in [0.717, 1.165) is 12.8 Å². The lowest BCUT2D eigenvalue weighted by Gasteiger charge is -2.08. The van der Waals surface area contributed by atoms with Crippen molar-refractivity contribution >= 4 is 11.9 Å². The minimum Gasteiger partial charge on any atom is -0.393 e. The molecule has 1 atom stereocenters. The molecule has 2 aromatic heterocycles. The van der Waals surface area contributed by atoms with Gasteiger partial charge in [0, 0.05) is 13.6 Å². The molecular weight excluding hydrogens is 260 g/mol. The fraction of sp³-hybridized carbons (Fsp3) is 0.545. The summed E-state index contributed by atoms with van der Waals surface area (Å²) in [5.74, 6) is 1.30. The number of hydrogen-bond acceptors (Lipinski definition) is 8. The zero-order valence-corrected chi connectivity index (χ0v) is 11.5. The quantitative estimate of drug-likeness (QED) is 0.610. The molecule has 9 heteroatoms. The monoisotopic (exact) mass is 278 g/mol. The molecule has 0 saturated heterocycles. The van der Waals surface area contributed by atoms with Crippen LogP contribution in [-0.4, -0.2) is 54.5 Å². The van der Waals surface area contributed by atoms with Crippen LogP contribution in [0.25, 0.3) is 5.95 Å². The summed E-state index contributed by atoms with van der Waals surface area (Å²) < 4.78 is 1.46. The van der Waals surface area contributed by atoms with Gasteiger partial charge in [0.25, 0.3) is 5.95 Å². The van der Waals surface area contributed by atoms with Crippen molar-refractivity contribution in [3.63, 3.8) is 0 Å². The summed E-state index contributed by atoms with van der Waals surface area (Å²) in [6, 6.07) is 0. The van der Waals surface area contributed by atoms with Crippen molar-refractivity contribution in [1.29, 1.82) is 0 Å². The summed E-state index contributed by atoms with van der Waals surface area (Å²) >= 11 is 0. The molecule has 0 aliphatic carbocycles. The Morgan fingerprint density at radius 3 is 2.75 bits per heavy atom. The van der Waals surface area contributed by atoms with Gasteiger partial charge >= 0.3 is 0 Å². The van der Waals surface area contributed by atoms with Gasteiger partial charge in [0.2, 0.25) is 11.9 Å². The molecule has 0 radical (unpaired) electrons. The van der Waals surface area contributed by atoms with E-state index >= 15 is 0 Å². The molecular formula is C11H18N8O. The van der Waals surface area contributed by atoms with Gasteiger partial charge < -0.3 is 15.7 Å². The molecule has 0 saturated carbocycles. The Balaban J connectivity index is 2.06. The molecule has 1 unspecified atom stereocenters. The molecule has 0 aromatic carbocycles. The van der Waals surface area contributed by atoms with Gasteiger partial charge in [-0.15, -0.1) is 0 Å². The van der Waals surface area contributed by atoms with Crippen molar-refractivity contribution in [2.45, 2.75) is 25.9 Å². The third-order valence-electron chi connectivity index (χ3n) is 2.55. The van der Waals surface area contributed by atoms with Gasteiger partial charge in [0.05, 0.1) is 6.10 Å². The lowest BCUT2D eigenvalue weighted by atomic mass is 10.2. The van der Waals surface area contributed by atoms with Crippen LogP contribution in [0.15, 0.2) is 12.7 Å². The SMILES string of the molecule is CNc1nc(NCCCC(C)O)nc(-n2cncn2)n1. The minimum atomic E-state index is -0.297. The standard InChI is InChI=1S/C11H18N8O/c1-8(20)4-3-5-14-10-16-9(12-2)17-11(18-10)19-7-13-6-15-19/h6-8,20H,3-5H2,1-2H3,(H2,12,14,16,17,18). The van der Waals surface area contributed by atoms with Crippen molar-refractivity contribution in [3.05, 3.63) is 12.7 Å². The first-order valence-corrected chi connectivity index (χ1v) is 6.40. The van der Waals surface area contributed by atoms with E-state index in [2.05, 4.69) is 35.7 Å². The van der Waals surface area contributed by atoms with Crippen molar-refractivity contribution in [2.24, 2.45) is 0 Å². The largest absolute Gasteiger partial charge is 0.393 e. The number of nitrogens with zero attached hydrogens (tertiary/aromatic N) is 6. The smallest absolute Gasteiger partial charge is 0.258 e. The number of rotatable bonds is 7. The Morgan fingerprint density at radius 1 is 1.30 bits per heavy atom. The second-order valence-corrected chi connectivity index (χ2v) is 4.29. The molecule has 2 aromatic rings. The van der Waals surface area contributed by atoms with Gasteiger partial charge in [0.15, 0.2) is 0 Å². The van der Waals surface area contributed by atoms with E-state index in [1.165, 1.54) is 17.3 Å². The molecule has 2 heterocycles. The third-order valence-corrected chi connectivity index (χ3v) is 2.55. The highest BCUT2D eigenvalue weighted by Gasteiger charge is 2.07. The van der Waals surface area contributed by atoms with Crippen LogP contribution >= 0.6 is 0 Å². The van der Waals surface area contributed by atoms with E-state index in [9.17, 15) is 5.11 Å². The number of aromatic nitrogens is 6. The predicted octanol–water partition coefficient (Wildman–Crippen LogP) is 0.0669. The Kier molecular flexibility index (Phi) is 4.77. The Morgan fingerprint density at radius 2 is 2.10 bits per heavy atom. The van der Waals surface area contributed by atoms with Crippen molar-refractivity contribution < 1.29 is 5.11 Å². The summed E-state index contributed by atoms with van der Waals surface area (Å²) in [5, 5.41) is 19.2. The molecule has 0 amide bonds. The fourth-order valence-electron chi connectivity index (χ4n) is 1.57. The van der Waals surface area contributed by atoms with Crippen LogP contribution in [-0.2, 0) is 0 Å². The number of aliphatic hydroxyl groups is 1. The van der Waals surface area contributed by atoms with Gasteiger partial charge in [-0.2, -0.15) is 24.7 Å². The van der Waals surface area contributed by atoms with Crippen LogP contribution in [0, 0.1) is 0 Å². The van der Waals surface area contributed by atoms with Crippen LogP contribution < -0.4 is 10.6 Å². The molecule has 2 rings (SSSR count). The lowest BCUT2D eigenvalue weighted by Crippen LogP contribution is -2.13. The maximum absolute atomic E-state index is 9.20. The lowest BCUT2D eigenvalue weighted by molar-refractivity contribution is 0.183. The molecule has 0 fully saturated rings. The van der Waals surface area contributed by atoms with Gasteiger partial charge in [-0.05, 0) is 19.8 Å². The summed E-state index contributed by atoms with van der Waals surface area (Å²) in [5.41, 5.74) is 0. The molecule has 0 bridgehead atoms. The van der Waals surface area contributed by atoms with Crippen LogP contribution in [0.5, 0.6) is 0 Å². The van der Waals surface area contributed by atoms with Crippen LogP contribution in [0.1, 0.15) is 19.8 Å². The van der Waals surface area contributed by atoms with Gasteiger partial charge in [0.1, 0.15) is 12.7 Å². The van der Waals surface area contributed by atoms with Crippen LogP contribution in [0.4, 0.5) is 11.9 Å². The maximum Gasteiger partial charge on any atom is 0.258 e. The molecule has 20 heavy (non-hydrogen) atoms. The van der Waals surface area contributed by atoms with Crippen LogP contribution in [0.3, 0.4) is 0 Å². The van der Waals surface area contributed by atoms with E-state index in [4.69, 9.17) is 0 Å². The number of nitrogens with one attached hydrogen (secondary N) is 2. The molecule has 0 aliphatic rings. The Labute approximate surface area is 116 Å². The van der Waals surface area contributed by atoms with Gasteiger partial charge in [-0.1, -0.05) is 0 Å². The number of anilines is 2. The summed E-state index contributed by atoms with van der Waals surface area (Å²) in [4.78, 5) is 16.5. The normalized spacial score (nSPS) is 12.2. The zero-order valence-electron chi connectivity index (χ0n) is 11.5. The van der Waals surface area contributed by atoms with Gasteiger partial charge in [-0.3, -0.25) is 0 Å². The van der Waals surface area contributed by atoms with E-state index in [1.807, 2.05) is 0 Å². The summed E-state index contributed by atoms with van der Waals surface area (Å²) in [6.07, 6.45) is 4.20.